The molecule has 2 aliphatic rings. The quantitative estimate of drug-likeness (QED) is 0.806. The van der Waals surface area contributed by atoms with E-state index in [2.05, 4.69) is 66.7 Å². The van der Waals surface area contributed by atoms with Crippen LogP contribution in [0.5, 0.6) is 0 Å². The first-order valence-electron chi connectivity index (χ1n) is 9.76. The van der Waals surface area contributed by atoms with Gasteiger partial charge in [-0.2, -0.15) is 0 Å². The molecule has 1 aromatic carbocycles. The molecule has 1 amide bonds. The Morgan fingerprint density at radius 1 is 1.19 bits per heavy atom. The molecule has 2 atom stereocenters. The van der Waals surface area contributed by atoms with E-state index in [0.29, 0.717) is 0 Å². The highest BCUT2D eigenvalue weighted by Crippen LogP contribution is 2.45. The van der Waals surface area contributed by atoms with Gasteiger partial charge in [0.1, 0.15) is 6.10 Å². The average molecular weight is 373 g/mol. The molecule has 2 unspecified atom stereocenters. The first kappa shape index (κ1) is 20.2. The number of ether oxygens (including phenoxy) is 1. The van der Waals surface area contributed by atoms with Gasteiger partial charge >= 0.3 is 13.2 Å². The van der Waals surface area contributed by atoms with Crippen LogP contribution >= 0.6 is 0 Å². The Morgan fingerprint density at radius 3 is 2.30 bits per heavy atom. The van der Waals surface area contributed by atoms with Crippen LogP contribution in [-0.4, -0.2) is 30.5 Å². The largest absolute Gasteiger partial charge is 0.494 e. The average Bonchev–Trinajstić information content (AvgIpc) is 2.73. The fourth-order valence-corrected chi connectivity index (χ4v) is 4.24. The molecule has 1 aliphatic heterocycles. The summed E-state index contributed by atoms with van der Waals surface area (Å²) in [6.07, 6.45) is 0.710. The molecule has 0 saturated carbocycles. The van der Waals surface area contributed by atoms with Gasteiger partial charge in [0, 0.05) is 5.92 Å². The van der Waals surface area contributed by atoms with Crippen molar-refractivity contribution >= 4 is 18.7 Å². The van der Waals surface area contributed by atoms with E-state index in [1.807, 2.05) is 0 Å². The lowest BCUT2D eigenvalue weighted by molar-refractivity contribution is 0.00578. The first-order chi connectivity index (χ1) is 12.3. The number of hydrogen-bond acceptors (Lipinski definition) is 4. The van der Waals surface area contributed by atoms with Gasteiger partial charge < -0.3 is 19.8 Å². The summed E-state index contributed by atoms with van der Waals surface area (Å²) < 4.78 is 17.9. The number of hydrogen-bond donors (Lipinski definition) is 1. The summed E-state index contributed by atoms with van der Waals surface area (Å²) in [4.78, 5) is 11.4. The van der Waals surface area contributed by atoms with Crippen molar-refractivity contribution < 1.29 is 18.8 Å². The van der Waals surface area contributed by atoms with Crippen molar-refractivity contribution in [2.24, 2.45) is 11.1 Å². The Labute approximate surface area is 163 Å². The van der Waals surface area contributed by atoms with E-state index in [1.165, 1.54) is 11.1 Å². The second-order valence-corrected chi connectivity index (χ2v) is 9.90. The summed E-state index contributed by atoms with van der Waals surface area (Å²) in [5.74, 6) is 0.0982. The maximum atomic E-state index is 11.4. The molecule has 3 rings (SSSR count). The Morgan fingerprint density at radius 2 is 1.78 bits per heavy atom. The van der Waals surface area contributed by atoms with E-state index in [1.54, 1.807) is 0 Å². The minimum absolute atomic E-state index is 0.0544. The lowest BCUT2D eigenvalue weighted by Gasteiger charge is -2.41. The predicted molar refractivity (Wildman–Crippen MR) is 107 cm³/mol. The van der Waals surface area contributed by atoms with E-state index in [4.69, 9.17) is 19.8 Å². The third kappa shape index (κ3) is 3.74. The van der Waals surface area contributed by atoms with Crippen LogP contribution in [0.25, 0.3) is 0 Å². The maximum absolute atomic E-state index is 11.4. The van der Waals surface area contributed by atoms with Gasteiger partial charge in [-0.1, -0.05) is 39.0 Å². The lowest BCUT2D eigenvalue weighted by Crippen LogP contribution is -2.41. The van der Waals surface area contributed by atoms with Crippen LogP contribution < -0.4 is 11.2 Å². The molecule has 5 nitrogen and oxygen atoms in total. The van der Waals surface area contributed by atoms with Crippen molar-refractivity contribution in [1.29, 1.82) is 0 Å². The molecule has 1 aliphatic carbocycles. The van der Waals surface area contributed by atoms with Crippen molar-refractivity contribution in [1.82, 2.24) is 0 Å². The number of amides is 1. The molecule has 1 saturated heterocycles. The fourth-order valence-electron chi connectivity index (χ4n) is 4.24. The van der Waals surface area contributed by atoms with E-state index in [0.717, 1.165) is 18.3 Å². The normalized spacial score (nSPS) is 26.6. The molecule has 1 aromatic rings. The van der Waals surface area contributed by atoms with Crippen molar-refractivity contribution in [2.75, 3.05) is 0 Å². The van der Waals surface area contributed by atoms with Crippen LogP contribution in [0.3, 0.4) is 0 Å². The van der Waals surface area contributed by atoms with Gasteiger partial charge in [0.2, 0.25) is 0 Å². The molecular weight excluding hydrogens is 341 g/mol. The van der Waals surface area contributed by atoms with Gasteiger partial charge in [0.05, 0.1) is 11.2 Å². The fraction of sp³-hybridized carbons (Fsp3) is 0.667. The maximum Gasteiger partial charge on any atom is 0.494 e. The number of nitrogens with two attached hydrogens (primary N) is 1. The predicted octanol–water partition coefficient (Wildman–Crippen LogP) is 3.53. The monoisotopic (exact) mass is 373 g/mol. The van der Waals surface area contributed by atoms with Crippen LogP contribution in [0.15, 0.2) is 18.2 Å². The highest BCUT2D eigenvalue weighted by molar-refractivity contribution is 6.62. The van der Waals surface area contributed by atoms with Crippen molar-refractivity contribution in [2.45, 2.75) is 84.5 Å². The molecule has 0 bridgehead atoms. The van der Waals surface area contributed by atoms with Gasteiger partial charge in [-0.3, -0.25) is 0 Å². The highest BCUT2D eigenvalue weighted by atomic mass is 16.7. The molecule has 1 heterocycles. The number of rotatable bonds is 2. The Bertz CT molecular complexity index is 722. The van der Waals surface area contributed by atoms with E-state index < -0.39 is 6.09 Å². The Balaban J connectivity index is 1.93. The van der Waals surface area contributed by atoms with Crippen LogP contribution in [-0.2, 0) is 20.5 Å². The zero-order chi connectivity index (χ0) is 20.2. The summed E-state index contributed by atoms with van der Waals surface area (Å²) in [5.41, 5.74) is 8.07. The van der Waals surface area contributed by atoms with E-state index in [9.17, 15) is 4.79 Å². The molecule has 0 spiro atoms. The van der Waals surface area contributed by atoms with Gasteiger partial charge in [0.25, 0.3) is 0 Å². The summed E-state index contributed by atoms with van der Waals surface area (Å²) in [7, 11) is -0.368. The van der Waals surface area contributed by atoms with E-state index >= 15 is 0 Å². The zero-order valence-corrected chi connectivity index (χ0v) is 17.6. The van der Waals surface area contributed by atoms with E-state index in [-0.39, 0.29) is 35.8 Å². The zero-order valence-electron chi connectivity index (χ0n) is 17.6. The number of aryl methyl sites for hydroxylation is 1. The van der Waals surface area contributed by atoms with Gasteiger partial charge in [-0.05, 0) is 62.5 Å². The summed E-state index contributed by atoms with van der Waals surface area (Å²) in [6.45, 7) is 14.8. The van der Waals surface area contributed by atoms with Crippen molar-refractivity contribution in [3.8, 4) is 0 Å². The molecule has 0 aromatic heterocycles. The molecule has 6 heteroatoms. The van der Waals surface area contributed by atoms with Gasteiger partial charge in [-0.15, -0.1) is 0 Å². The molecule has 148 valence electrons. The number of primary amides is 1. The molecule has 27 heavy (non-hydrogen) atoms. The van der Waals surface area contributed by atoms with Gasteiger partial charge in [0.15, 0.2) is 0 Å². The molecule has 1 fully saturated rings. The molecule has 0 radical (unpaired) electrons. The number of carbonyl (C=O) groups is 1. The Kier molecular flexibility index (Phi) is 4.88. The standard InChI is InChI=1S/C21H32BNO4/c1-19(2,3)17-15-10-9-14(22-26-20(4,5)21(6,7)27-22)12-13(15)8-11-16(17)25-18(23)24/h9-10,12,16-17H,8,11H2,1-7H3,(H2,23,24). The summed E-state index contributed by atoms with van der Waals surface area (Å²) in [5, 5.41) is 0. The number of carbonyl (C=O) groups excluding carboxylic acids is 1. The Hall–Kier alpha value is -1.53. The minimum Gasteiger partial charge on any atom is -0.446 e. The summed E-state index contributed by atoms with van der Waals surface area (Å²) >= 11 is 0. The smallest absolute Gasteiger partial charge is 0.446 e. The lowest BCUT2D eigenvalue weighted by atomic mass is 9.66. The number of benzene rings is 1. The SMILES string of the molecule is CC(C)(C)C1c2ccc(B3OC(C)(C)C(C)(C)O3)cc2CCC1OC(N)=O. The molecular formula is C21H32BNO4. The third-order valence-corrected chi connectivity index (χ3v) is 6.30. The molecule has 2 N–H and O–H groups in total. The highest BCUT2D eigenvalue weighted by Gasteiger charge is 2.52. The van der Waals surface area contributed by atoms with Crippen LogP contribution in [0.1, 0.15) is 71.9 Å². The van der Waals surface area contributed by atoms with Gasteiger partial charge in [-0.25, -0.2) is 4.79 Å². The second kappa shape index (κ2) is 6.52. The summed E-state index contributed by atoms with van der Waals surface area (Å²) in [6, 6.07) is 6.41. The topological polar surface area (TPSA) is 70.8 Å². The van der Waals surface area contributed by atoms with Crippen molar-refractivity contribution in [3.05, 3.63) is 29.3 Å². The second-order valence-electron chi connectivity index (χ2n) is 9.90. The first-order valence-corrected chi connectivity index (χ1v) is 9.76. The number of fused-ring (bicyclic) bond motifs is 1. The third-order valence-electron chi connectivity index (χ3n) is 6.30. The van der Waals surface area contributed by atoms with Crippen molar-refractivity contribution in [3.63, 3.8) is 0 Å². The van der Waals surface area contributed by atoms with Crippen LogP contribution in [0.4, 0.5) is 4.79 Å². The van der Waals surface area contributed by atoms with Crippen LogP contribution in [0, 0.1) is 5.41 Å². The minimum atomic E-state index is -0.702. The van der Waals surface area contributed by atoms with Crippen LogP contribution in [0.2, 0.25) is 0 Å².